The van der Waals surface area contributed by atoms with Crippen LogP contribution in [0.5, 0.6) is 5.75 Å². The van der Waals surface area contributed by atoms with E-state index in [-0.39, 0.29) is 0 Å². The summed E-state index contributed by atoms with van der Waals surface area (Å²) in [5.74, 6) is 1.84. The maximum atomic E-state index is 6.02. The van der Waals surface area contributed by atoms with Crippen molar-refractivity contribution in [3.63, 3.8) is 0 Å². The normalized spacial score (nSPS) is 10.2. The highest BCUT2D eigenvalue weighted by Gasteiger charge is 2.12. The van der Waals surface area contributed by atoms with Gasteiger partial charge < -0.3 is 15.4 Å². The molecule has 1 aromatic carbocycles. The highest BCUT2D eigenvalue weighted by Crippen LogP contribution is 2.32. The Bertz CT molecular complexity index is 604. The number of benzene rings is 1. The number of ether oxygens (including phenoxy) is 1. The number of halogens is 1. The molecule has 0 spiro atoms. The van der Waals surface area contributed by atoms with Crippen LogP contribution in [0.1, 0.15) is 12.5 Å². The van der Waals surface area contributed by atoms with Gasteiger partial charge in [0.1, 0.15) is 6.33 Å². The standard InChI is InChI=1S/C14H17ClN4O/c1-4-16-13-12(20-3)14(18-8-17-13)19-11-7-10(15)6-5-9(11)2/h5-8H,4H2,1-3H3,(H2,16,17,18,19). The summed E-state index contributed by atoms with van der Waals surface area (Å²) in [5, 5.41) is 7.03. The first kappa shape index (κ1) is 14.4. The Balaban J connectivity index is 2.37. The van der Waals surface area contributed by atoms with Crippen molar-refractivity contribution in [1.82, 2.24) is 9.97 Å². The molecule has 1 aromatic heterocycles. The maximum absolute atomic E-state index is 6.02. The number of aromatic nitrogens is 2. The lowest BCUT2D eigenvalue weighted by Crippen LogP contribution is -2.06. The lowest BCUT2D eigenvalue weighted by Gasteiger charge is -2.14. The average Bonchev–Trinajstić information content (AvgIpc) is 2.43. The maximum Gasteiger partial charge on any atom is 0.204 e. The predicted molar refractivity (Wildman–Crippen MR) is 82.2 cm³/mol. The molecule has 0 aliphatic rings. The molecule has 0 bridgehead atoms. The van der Waals surface area contributed by atoms with Gasteiger partial charge in [0.2, 0.25) is 5.75 Å². The van der Waals surface area contributed by atoms with Crippen molar-refractivity contribution >= 4 is 28.9 Å². The number of methoxy groups -OCH3 is 1. The van der Waals surface area contributed by atoms with Crippen molar-refractivity contribution < 1.29 is 4.74 Å². The zero-order chi connectivity index (χ0) is 14.5. The second kappa shape index (κ2) is 6.43. The van der Waals surface area contributed by atoms with Crippen LogP contribution in [0.2, 0.25) is 5.02 Å². The summed E-state index contributed by atoms with van der Waals surface area (Å²) in [7, 11) is 1.59. The third-order valence-corrected chi connectivity index (χ3v) is 3.04. The predicted octanol–water partition coefficient (Wildman–Crippen LogP) is 3.62. The van der Waals surface area contributed by atoms with Crippen molar-refractivity contribution in [2.75, 3.05) is 24.3 Å². The first-order valence-corrected chi connectivity index (χ1v) is 6.69. The molecule has 0 saturated heterocycles. The van der Waals surface area contributed by atoms with Crippen molar-refractivity contribution in [1.29, 1.82) is 0 Å². The Labute approximate surface area is 123 Å². The molecule has 0 unspecified atom stereocenters. The van der Waals surface area contributed by atoms with Gasteiger partial charge in [0.15, 0.2) is 11.6 Å². The summed E-state index contributed by atoms with van der Waals surface area (Å²) < 4.78 is 5.39. The molecule has 20 heavy (non-hydrogen) atoms. The van der Waals surface area contributed by atoms with Crippen LogP contribution in [-0.4, -0.2) is 23.6 Å². The summed E-state index contributed by atoms with van der Waals surface area (Å²) in [4.78, 5) is 8.40. The van der Waals surface area contributed by atoms with Crippen LogP contribution in [0.15, 0.2) is 24.5 Å². The van der Waals surface area contributed by atoms with Crippen LogP contribution in [0.25, 0.3) is 0 Å². The smallest absolute Gasteiger partial charge is 0.204 e. The first-order chi connectivity index (χ1) is 9.65. The van der Waals surface area contributed by atoms with Gasteiger partial charge in [0, 0.05) is 17.3 Å². The van der Waals surface area contributed by atoms with Crippen molar-refractivity contribution in [3.8, 4) is 5.75 Å². The zero-order valence-corrected chi connectivity index (χ0v) is 12.5. The Morgan fingerprint density at radius 2 is 2.00 bits per heavy atom. The summed E-state index contributed by atoms with van der Waals surface area (Å²) in [6.07, 6.45) is 1.49. The fourth-order valence-electron chi connectivity index (χ4n) is 1.81. The molecule has 106 valence electrons. The number of nitrogens with zero attached hydrogens (tertiary/aromatic N) is 2. The third kappa shape index (κ3) is 3.11. The molecular weight excluding hydrogens is 276 g/mol. The van der Waals surface area contributed by atoms with Gasteiger partial charge >= 0.3 is 0 Å². The topological polar surface area (TPSA) is 59.1 Å². The van der Waals surface area contributed by atoms with E-state index in [4.69, 9.17) is 16.3 Å². The van der Waals surface area contributed by atoms with Crippen LogP contribution in [0.3, 0.4) is 0 Å². The minimum atomic E-state index is 0.578. The van der Waals surface area contributed by atoms with Crippen LogP contribution in [0.4, 0.5) is 17.3 Å². The van der Waals surface area contributed by atoms with Crippen molar-refractivity contribution in [3.05, 3.63) is 35.1 Å². The second-order valence-corrected chi connectivity index (χ2v) is 4.66. The minimum Gasteiger partial charge on any atom is -0.490 e. The van der Waals surface area contributed by atoms with Gasteiger partial charge in [-0.05, 0) is 31.5 Å². The molecular formula is C14H17ClN4O. The number of anilines is 3. The molecule has 1 heterocycles. The van der Waals surface area contributed by atoms with E-state index in [2.05, 4.69) is 20.6 Å². The lowest BCUT2D eigenvalue weighted by molar-refractivity contribution is 0.415. The molecule has 0 aliphatic carbocycles. The van der Waals surface area contributed by atoms with Gasteiger partial charge in [-0.15, -0.1) is 0 Å². The van der Waals surface area contributed by atoms with E-state index >= 15 is 0 Å². The number of nitrogens with one attached hydrogen (secondary N) is 2. The van der Waals surface area contributed by atoms with Gasteiger partial charge in [0.25, 0.3) is 0 Å². The average molecular weight is 293 g/mol. The van der Waals surface area contributed by atoms with E-state index in [1.807, 2.05) is 32.0 Å². The van der Waals surface area contributed by atoms with Crippen LogP contribution in [0, 0.1) is 6.92 Å². The second-order valence-electron chi connectivity index (χ2n) is 4.22. The molecule has 0 atom stereocenters. The molecule has 0 fully saturated rings. The van der Waals surface area contributed by atoms with Gasteiger partial charge in [-0.2, -0.15) is 0 Å². The van der Waals surface area contributed by atoms with Crippen LogP contribution in [-0.2, 0) is 0 Å². The van der Waals surface area contributed by atoms with E-state index in [9.17, 15) is 0 Å². The SMILES string of the molecule is CCNc1ncnc(Nc2cc(Cl)ccc2C)c1OC. The van der Waals surface area contributed by atoms with E-state index in [0.29, 0.717) is 22.4 Å². The number of aryl methyl sites for hydroxylation is 1. The summed E-state index contributed by atoms with van der Waals surface area (Å²) >= 11 is 6.02. The van der Waals surface area contributed by atoms with Crippen molar-refractivity contribution in [2.45, 2.75) is 13.8 Å². The largest absolute Gasteiger partial charge is 0.490 e. The molecule has 2 rings (SSSR count). The molecule has 0 radical (unpaired) electrons. The molecule has 2 N–H and O–H groups in total. The quantitative estimate of drug-likeness (QED) is 0.881. The van der Waals surface area contributed by atoms with Gasteiger partial charge in [-0.1, -0.05) is 17.7 Å². The molecule has 0 amide bonds. The van der Waals surface area contributed by atoms with Gasteiger partial charge in [0.05, 0.1) is 7.11 Å². The van der Waals surface area contributed by atoms with Crippen LogP contribution < -0.4 is 15.4 Å². The third-order valence-electron chi connectivity index (χ3n) is 2.80. The van der Waals surface area contributed by atoms with Gasteiger partial charge in [-0.3, -0.25) is 0 Å². The molecule has 5 nitrogen and oxygen atoms in total. The van der Waals surface area contributed by atoms with E-state index in [1.54, 1.807) is 7.11 Å². The van der Waals surface area contributed by atoms with Gasteiger partial charge in [-0.25, -0.2) is 9.97 Å². The summed E-state index contributed by atoms with van der Waals surface area (Å²) in [5.41, 5.74) is 1.96. The summed E-state index contributed by atoms with van der Waals surface area (Å²) in [6.45, 7) is 4.75. The number of hydrogen-bond acceptors (Lipinski definition) is 5. The number of rotatable bonds is 5. The fourth-order valence-corrected chi connectivity index (χ4v) is 1.98. The lowest BCUT2D eigenvalue weighted by atomic mass is 10.2. The van der Waals surface area contributed by atoms with E-state index in [1.165, 1.54) is 6.33 Å². The van der Waals surface area contributed by atoms with E-state index in [0.717, 1.165) is 17.8 Å². The zero-order valence-electron chi connectivity index (χ0n) is 11.7. The van der Waals surface area contributed by atoms with Crippen molar-refractivity contribution in [2.24, 2.45) is 0 Å². The Morgan fingerprint density at radius 1 is 1.25 bits per heavy atom. The molecule has 6 heteroatoms. The monoisotopic (exact) mass is 292 g/mol. The molecule has 0 aliphatic heterocycles. The van der Waals surface area contributed by atoms with E-state index < -0.39 is 0 Å². The van der Waals surface area contributed by atoms with Crippen LogP contribution >= 0.6 is 11.6 Å². The minimum absolute atomic E-state index is 0.578. The summed E-state index contributed by atoms with van der Waals surface area (Å²) in [6, 6.07) is 5.65. The Kier molecular flexibility index (Phi) is 4.63. The molecule has 2 aromatic rings. The highest BCUT2D eigenvalue weighted by molar-refractivity contribution is 6.30. The first-order valence-electron chi connectivity index (χ1n) is 6.31. The Morgan fingerprint density at radius 3 is 2.70 bits per heavy atom. The highest BCUT2D eigenvalue weighted by atomic mass is 35.5. The molecule has 0 saturated carbocycles. The number of hydrogen-bond donors (Lipinski definition) is 2. The fraction of sp³-hybridized carbons (Fsp3) is 0.286. The Hall–Kier alpha value is -2.01.